The first-order valence-corrected chi connectivity index (χ1v) is 20.0. The van der Waals surface area contributed by atoms with Gasteiger partial charge in [0, 0.05) is 30.2 Å². The van der Waals surface area contributed by atoms with E-state index < -0.39 is 84.7 Å². The first-order valence-electron chi connectivity index (χ1n) is 19.3. The topological polar surface area (TPSA) is 272 Å². The molecule has 2 aromatic carbocycles. The lowest BCUT2D eigenvalue weighted by Gasteiger charge is -2.28. The van der Waals surface area contributed by atoms with Crippen molar-refractivity contribution in [3.63, 3.8) is 0 Å². The number of carboxylic acids is 2. The van der Waals surface area contributed by atoms with E-state index in [1.54, 1.807) is 26.0 Å². The second-order valence-corrected chi connectivity index (χ2v) is 15.6. The fourth-order valence-electron chi connectivity index (χ4n) is 4.94. The van der Waals surface area contributed by atoms with Crippen molar-refractivity contribution in [1.82, 2.24) is 26.6 Å². The summed E-state index contributed by atoms with van der Waals surface area (Å²) in [4.78, 5) is 86.0. The molecule has 5 amide bonds. The smallest absolute Gasteiger partial charge is 0.327 e. The van der Waals surface area contributed by atoms with Crippen LogP contribution in [0.4, 0.5) is 0 Å². The van der Waals surface area contributed by atoms with Crippen LogP contribution in [0, 0.1) is 18.3 Å². The van der Waals surface area contributed by atoms with Gasteiger partial charge in [0.15, 0.2) is 0 Å². The summed E-state index contributed by atoms with van der Waals surface area (Å²) in [5, 5.41) is 30.1. The Kier molecular flexibility index (Phi) is 23.6. The molecule has 4 atom stereocenters. The van der Waals surface area contributed by atoms with Crippen molar-refractivity contribution in [2.75, 3.05) is 18.8 Å². The van der Waals surface area contributed by atoms with E-state index >= 15 is 0 Å². The van der Waals surface area contributed by atoms with Crippen LogP contribution < -0.4 is 38.1 Å². The summed E-state index contributed by atoms with van der Waals surface area (Å²) in [5.41, 5.74) is 12.6. The van der Waals surface area contributed by atoms with E-state index in [1.165, 1.54) is 24.8 Å². The highest BCUT2D eigenvalue weighted by atomic mass is 32.1. The Balaban J connectivity index is 0.00000118. The van der Waals surface area contributed by atoms with Gasteiger partial charge in [0.2, 0.25) is 29.5 Å². The molecule has 1 aliphatic rings. The van der Waals surface area contributed by atoms with Crippen molar-refractivity contribution < 1.29 is 43.8 Å². The molecule has 0 saturated heterocycles. The fraction of sp³-hybridized carbons (Fsp3) is 0.537. The summed E-state index contributed by atoms with van der Waals surface area (Å²) >= 11 is 3.82. The van der Waals surface area contributed by atoms with Gasteiger partial charge in [-0.05, 0) is 44.1 Å². The van der Waals surface area contributed by atoms with Gasteiger partial charge < -0.3 is 48.3 Å². The third-order valence-electron chi connectivity index (χ3n) is 9.04. The molecular weight excluding hydrogens is 767 g/mol. The predicted octanol–water partition coefficient (Wildman–Crippen LogP) is 1.69. The molecular formula is C41H63N7O9S. The number of carbonyl (C=O) groups is 7. The van der Waals surface area contributed by atoms with E-state index in [-0.39, 0.29) is 18.1 Å². The molecule has 322 valence electrons. The minimum atomic E-state index is -1.65. The van der Waals surface area contributed by atoms with E-state index in [9.17, 15) is 33.6 Å². The summed E-state index contributed by atoms with van der Waals surface area (Å²) in [6.07, 6.45) is 4.65. The molecule has 17 heteroatoms. The first kappa shape index (κ1) is 51.0. The number of nitrogens with one attached hydrogen (secondary N) is 5. The molecule has 0 radical (unpaired) electrons. The van der Waals surface area contributed by atoms with Gasteiger partial charge in [-0.25, -0.2) is 4.79 Å². The van der Waals surface area contributed by atoms with E-state index in [0.29, 0.717) is 18.4 Å². The van der Waals surface area contributed by atoms with Crippen LogP contribution in [0.5, 0.6) is 0 Å². The molecule has 58 heavy (non-hydrogen) atoms. The molecule has 16 nitrogen and oxygen atoms in total. The maximum absolute atomic E-state index is 13.1. The zero-order valence-electron chi connectivity index (χ0n) is 34.2. The van der Waals surface area contributed by atoms with Crippen LogP contribution in [0.15, 0.2) is 60.7 Å². The second-order valence-electron chi connectivity index (χ2n) is 15.2. The average molecular weight is 830 g/mol. The highest BCUT2D eigenvalue weighted by Crippen LogP contribution is 2.25. The number of nitrogens with two attached hydrogens (primary N) is 2. The molecule has 11 N–H and O–H groups in total. The molecule has 3 rings (SSSR count). The zero-order chi connectivity index (χ0) is 43.8. The van der Waals surface area contributed by atoms with Crippen molar-refractivity contribution in [2.45, 2.75) is 110 Å². The Labute approximate surface area is 346 Å². The van der Waals surface area contributed by atoms with E-state index in [0.717, 1.165) is 12.0 Å². The number of carboxylic acid groups (broad SMARTS) is 2. The number of carbonyl (C=O) groups excluding carboxylic acids is 5. The van der Waals surface area contributed by atoms with Crippen LogP contribution >= 0.6 is 12.6 Å². The van der Waals surface area contributed by atoms with Gasteiger partial charge >= 0.3 is 11.9 Å². The molecule has 0 aromatic heterocycles. The lowest BCUT2D eigenvalue weighted by molar-refractivity contribution is -0.143. The second kappa shape index (κ2) is 26.8. The average Bonchev–Trinajstić information content (AvgIpc) is 3.16. The summed E-state index contributed by atoms with van der Waals surface area (Å²) in [7, 11) is 0. The highest BCUT2D eigenvalue weighted by molar-refractivity contribution is 7.80. The normalized spacial score (nSPS) is 14.2. The van der Waals surface area contributed by atoms with Crippen LogP contribution in [-0.2, 0) is 40.0 Å². The van der Waals surface area contributed by atoms with Gasteiger partial charge in [-0.15, -0.1) is 0 Å². The maximum Gasteiger partial charge on any atom is 0.327 e. The molecule has 4 unspecified atom stereocenters. The fourth-order valence-corrected chi connectivity index (χ4v) is 5.19. The molecule has 0 spiro atoms. The maximum atomic E-state index is 13.1. The predicted molar refractivity (Wildman–Crippen MR) is 225 cm³/mol. The number of hydrogen-bond donors (Lipinski definition) is 10. The number of aryl methyl sites for hydroxylation is 1. The summed E-state index contributed by atoms with van der Waals surface area (Å²) < 4.78 is 0. The van der Waals surface area contributed by atoms with Gasteiger partial charge in [-0.2, -0.15) is 12.6 Å². The minimum absolute atomic E-state index is 0.178. The third kappa shape index (κ3) is 21.5. The molecule has 0 heterocycles. The molecule has 2 aromatic rings. The quantitative estimate of drug-likeness (QED) is 0.0858. The van der Waals surface area contributed by atoms with Crippen LogP contribution in [0.1, 0.15) is 77.3 Å². The Hall–Kier alpha value is -5.00. The van der Waals surface area contributed by atoms with Crippen LogP contribution in [0.2, 0.25) is 0 Å². The standard InChI is InChI=1S/C30H46N6O9S.C7H8.C4H9N/c1-17(2)10-11-30(3,4)29(45)36-20(12-18-8-6-5-7-9-18)26(41)33-15-23(37)32-14-19(31)25(40)34-21(13-24(38)39)27(42)35-22(16-46)28(43)44;1-7-5-3-2-4-6-7;5-4-2-1-3-4/h5-9,17,19-22,46H,10-16,31H2,1-4H3,(H,32,37)(H,33,41)(H,34,40)(H,35,42)(H,36,45)(H,38,39)(H,43,44);2-6H,1H3;4H,1-3,5H2. The van der Waals surface area contributed by atoms with Crippen molar-refractivity contribution in [2.24, 2.45) is 22.8 Å². The van der Waals surface area contributed by atoms with Crippen molar-refractivity contribution in [3.05, 3.63) is 71.8 Å². The molecule has 1 fully saturated rings. The van der Waals surface area contributed by atoms with Crippen LogP contribution in [-0.4, -0.2) is 101 Å². The van der Waals surface area contributed by atoms with Gasteiger partial charge in [-0.1, -0.05) is 100 Å². The lowest BCUT2D eigenvalue weighted by atomic mass is 9.84. The molecule has 0 bridgehead atoms. The largest absolute Gasteiger partial charge is 0.481 e. The number of benzene rings is 2. The van der Waals surface area contributed by atoms with Crippen LogP contribution in [0.3, 0.4) is 0 Å². The summed E-state index contributed by atoms with van der Waals surface area (Å²) in [6, 6.07) is 14.4. The summed E-state index contributed by atoms with van der Waals surface area (Å²) in [6.45, 7) is 8.87. The zero-order valence-corrected chi connectivity index (χ0v) is 35.1. The van der Waals surface area contributed by atoms with Gasteiger partial charge in [0.1, 0.15) is 24.2 Å². The van der Waals surface area contributed by atoms with E-state index in [1.807, 2.05) is 36.4 Å². The lowest BCUT2D eigenvalue weighted by Crippen LogP contribution is -2.57. The Morgan fingerprint density at radius 1 is 0.810 bits per heavy atom. The molecule has 0 aliphatic heterocycles. The van der Waals surface area contributed by atoms with Crippen molar-refractivity contribution in [3.8, 4) is 0 Å². The highest BCUT2D eigenvalue weighted by Gasteiger charge is 2.32. The first-order chi connectivity index (χ1) is 27.2. The Bertz CT molecular complexity index is 1610. The van der Waals surface area contributed by atoms with Gasteiger partial charge in [-0.3, -0.25) is 28.8 Å². The monoisotopic (exact) mass is 829 g/mol. The Morgan fingerprint density at radius 2 is 1.36 bits per heavy atom. The molecule has 1 saturated carbocycles. The molecule has 1 aliphatic carbocycles. The number of aliphatic carboxylic acids is 2. The van der Waals surface area contributed by atoms with Gasteiger partial charge in [0.25, 0.3) is 0 Å². The number of amides is 5. The van der Waals surface area contributed by atoms with Crippen molar-refractivity contribution >= 4 is 54.1 Å². The number of rotatable bonds is 20. The van der Waals surface area contributed by atoms with E-state index in [4.69, 9.17) is 21.7 Å². The Morgan fingerprint density at radius 3 is 1.81 bits per heavy atom. The SMILES string of the molecule is CC(C)CCC(C)(C)C(=O)NC(Cc1ccccc1)C(=O)NCC(=O)NCC(N)C(=O)NC(CC(=O)O)C(=O)NC(CS)C(=O)O.Cc1ccccc1.NC1CCC1. The summed E-state index contributed by atoms with van der Waals surface area (Å²) in [5.74, 6) is -6.42. The number of hydrogen-bond acceptors (Lipinski definition) is 10. The van der Waals surface area contributed by atoms with E-state index in [2.05, 4.69) is 72.1 Å². The van der Waals surface area contributed by atoms with Gasteiger partial charge in [0.05, 0.1) is 13.0 Å². The third-order valence-corrected chi connectivity index (χ3v) is 9.41. The minimum Gasteiger partial charge on any atom is -0.481 e. The van der Waals surface area contributed by atoms with Crippen LogP contribution in [0.25, 0.3) is 0 Å². The van der Waals surface area contributed by atoms with Crippen molar-refractivity contribution in [1.29, 1.82) is 0 Å². The number of thiol groups is 1.